The molecule has 8 nitrogen and oxygen atoms in total. The van der Waals surface area contributed by atoms with E-state index in [0.717, 1.165) is 17.4 Å². The molecule has 0 spiro atoms. The molecule has 0 aromatic heterocycles. The van der Waals surface area contributed by atoms with Crippen molar-refractivity contribution < 1.29 is 22.7 Å². The van der Waals surface area contributed by atoms with E-state index in [1.807, 2.05) is 45.0 Å². The van der Waals surface area contributed by atoms with Crippen LogP contribution in [0.2, 0.25) is 0 Å². The minimum Gasteiger partial charge on any atom is -0.495 e. The topological polar surface area (TPSA) is 96.0 Å². The minimum atomic E-state index is -3.60. The molecule has 0 saturated heterocycles. The van der Waals surface area contributed by atoms with Crippen LogP contribution in [0.1, 0.15) is 44.7 Å². The number of para-hydroxylation sites is 2. The summed E-state index contributed by atoms with van der Waals surface area (Å²) < 4.78 is 31.7. The first-order chi connectivity index (χ1) is 17.0. The van der Waals surface area contributed by atoms with E-state index in [9.17, 15) is 18.0 Å². The van der Waals surface area contributed by atoms with E-state index in [1.54, 1.807) is 36.1 Å². The SMILES string of the molecule is COc1ccccc1N(CCCC(=O)N(Cc1ccccc1C)C(C)C(=O)NCC(C)C)S(C)(=O)=O. The van der Waals surface area contributed by atoms with E-state index >= 15 is 0 Å². The van der Waals surface area contributed by atoms with Crippen molar-refractivity contribution in [1.29, 1.82) is 0 Å². The lowest BCUT2D eigenvalue weighted by Crippen LogP contribution is -2.48. The van der Waals surface area contributed by atoms with Crippen molar-refractivity contribution >= 4 is 27.5 Å². The summed E-state index contributed by atoms with van der Waals surface area (Å²) >= 11 is 0. The van der Waals surface area contributed by atoms with Gasteiger partial charge < -0.3 is 15.0 Å². The molecule has 0 aliphatic heterocycles. The number of carbonyl (C=O) groups excluding carboxylic acids is 2. The molecule has 0 bridgehead atoms. The highest BCUT2D eigenvalue weighted by atomic mass is 32.2. The molecule has 1 atom stereocenters. The maximum atomic E-state index is 13.4. The van der Waals surface area contributed by atoms with Gasteiger partial charge in [-0.3, -0.25) is 13.9 Å². The van der Waals surface area contributed by atoms with Gasteiger partial charge in [-0.25, -0.2) is 8.42 Å². The summed E-state index contributed by atoms with van der Waals surface area (Å²) in [4.78, 5) is 27.8. The van der Waals surface area contributed by atoms with E-state index in [2.05, 4.69) is 5.32 Å². The average Bonchev–Trinajstić information content (AvgIpc) is 2.83. The first-order valence-corrected chi connectivity index (χ1v) is 14.0. The normalized spacial score (nSPS) is 12.2. The van der Waals surface area contributed by atoms with Gasteiger partial charge in [-0.1, -0.05) is 50.2 Å². The lowest BCUT2D eigenvalue weighted by molar-refractivity contribution is -0.140. The molecule has 2 aromatic carbocycles. The summed E-state index contributed by atoms with van der Waals surface area (Å²) in [6.07, 6.45) is 1.51. The van der Waals surface area contributed by atoms with Crippen LogP contribution < -0.4 is 14.4 Å². The Labute approximate surface area is 215 Å². The van der Waals surface area contributed by atoms with Gasteiger partial charge in [-0.2, -0.15) is 0 Å². The number of benzene rings is 2. The van der Waals surface area contributed by atoms with Gasteiger partial charge in [0.25, 0.3) is 0 Å². The lowest BCUT2D eigenvalue weighted by Gasteiger charge is -2.30. The molecule has 198 valence electrons. The van der Waals surface area contributed by atoms with E-state index in [-0.39, 0.29) is 31.2 Å². The zero-order chi connectivity index (χ0) is 26.9. The van der Waals surface area contributed by atoms with Gasteiger partial charge in [-0.05, 0) is 49.4 Å². The van der Waals surface area contributed by atoms with Gasteiger partial charge >= 0.3 is 0 Å². The van der Waals surface area contributed by atoms with Crippen LogP contribution in [0.25, 0.3) is 0 Å². The molecule has 0 aliphatic rings. The Hall–Kier alpha value is -3.07. The molecule has 0 aliphatic carbocycles. The number of aryl methyl sites for hydroxylation is 1. The summed E-state index contributed by atoms with van der Waals surface area (Å²) in [6.45, 7) is 8.65. The zero-order valence-corrected chi connectivity index (χ0v) is 23.0. The highest BCUT2D eigenvalue weighted by Gasteiger charge is 2.27. The summed E-state index contributed by atoms with van der Waals surface area (Å²) in [5.41, 5.74) is 2.42. The molecule has 0 radical (unpaired) electrons. The van der Waals surface area contributed by atoms with Crippen molar-refractivity contribution in [3.63, 3.8) is 0 Å². The van der Waals surface area contributed by atoms with Crippen LogP contribution >= 0.6 is 0 Å². The van der Waals surface area contributed by atoms with E-state index in [4.69, 9.17) is 4.74 Å². The van der Waals surface area contributed by atoms with Gasteiger partial charge in [0.15, 0.2) is 0 Å². The molecule has 9 heteroatoms. The number of carbonyl (C=O) groups is 2. The summed E-state index contributed by atoms with van der Waals surface area (Å²) in [5, 5.41) is 2.91. The third-order valence-corrected chi connectivity index (χ3v) is 7.14. The number of amides is 2. The fraction of sp³-hybridized carbons (Fsp3) is 0.481. The van der Waals surface area contributed by atoms with Crippen LogP contribution in [0.5, 0.6) is 5.75 Å². The molecular weight excluding hydrogens is 478 g/mol. The van der Waals surface area contributed by atoms with Crippen molar-refractivity contribution in [3.05, 3.63) is 59.7 Å². The Kier molecular flexibility index (Phi) is 10.8. The van der Waals surface area contributed by atoms with Crippen molar-refractivity contribution in [1.82, 2.24) is 10.2 Å². The van der Waals surface area contributed by atoms with Crippen LogP contribution in [-0.2, 0) is 26.2 Å². The van der Waals surface area contributed by atoms with Crippen LogP contribution in [0, 0.1) is 12.8 Å². The molecular formula is C27H39N3O5S. The predicted molar refractivity (Wildman–Crippen MR) is 143 cm³/mol. The first kappa shape index (κ1) is 29.2. The molecule has 2 amide bonds. The third kappa shape index (κ3) is 8.26. The number of hydrogen-bond acceptors (Lipinski definition) is 5. The third-order valence-electron chi connectivity index (χ3n) is 5.96. The number of sulfonamides is 1. The number of nitrogens with one attached hydrogen (secondary N) is 1. The van der Waals surface area contributed by atoms with Crippen LogP contribution in [0.4, 0.5) is 5.69 Å². The van der Waals surface area contributed by atoms with Gasteiger partial charge in [0.1, 0.15) is 11.8 Å². The second kappa shape index (κ2) is 13.3. The average molecular weight is 518 g/mol. The number of ether oxygens (including phenoxy) is 1. The van der Waals surface area contributed by atoms with Crippen molar-refractivity contribution in [2.24, 2.45) is 5.92 Å². The van der Waals surface area contributed by atoms with Crippen molar-refractivity contribution in [3.8, 4) is 5.75 Å². The molecule has 2 rings (SSSR count). The molecule has 36 heavy (non-hydrogen) atoms. The quantitative estimate of drug-likeness (QED) is 0.437. The van der Waals surface area contributed by atoms with E-state index < -0.39 is 16.1 Å². The monoisotopic (exact) mass is 517 g/mol. The van der Waals surface area contributed by atoms with Crippen molar-refractivity contribution in [2.45, 2.75) is 53.1 Å². The fourth-order valence-corrected chi connectivity index (χ4v) is 4.79. The minimum absolute atomic E-state index is 0.0921. The van der Waals surface area contributed by atoms with Crippen LogP contribution in [0.15, 0.2) is 48.5 Å². The Morgan fingerprint density at radius 3 is 2.28 bits per heavy atom. The maximum Gasteiger partial charge on any atom is 0.242 e. The number of methoxy groups -OCH3 is 1. The fourth-order valence-electron chi connectivity index (χ4n) is 3.82. The lowest BCUT2D eigenvalue weighted by atomic mass is 10.1. The van der Waals surface area contributed by atoms with Gasteiger partial charge in [-0.15, -0.1) is 0 Å². The Morgan fingerprint density at radius 1 is 1.03 bits per heavy atom. The highest BCUT2D eigenvalue weighted by molar-refractivity contribution is 7.92. The molecule has 0 fully saturated rings. The smallest absolute Gasteiger partial charge is 0.242 e. The summed E-state index contributed by atoms with van der Waals surface area (Å²) in [5.74, 6) is 0.306. The van der Waals surface area contributed by atoms with Crippen LogP contribution in [-0.4, -0.2) is 57.6 Å². The second-order valence-electron chi connectivity index (χ2n) is 9.37. The number of anilines is 1. The molecule has 0 saturated carbocycles. The van der Waals surface area contributed by atoms with E-state index in [1.165, 1.54) is 11.4 Å². The standard InChI is InChI=1S/C27H39N3O5S/c1-20(2)18-28-27(32)22(4)29(19-23-13-8-7-12-21(23)3)26(31)16-11-17-30(36(6,33)34)24-14-9-10-15-25(24)35-5/h7-10,12-15,20,22H,11,16-19H2,1-6H3,(H,28,32). The number of hydrogen-bond donors (Lipinski definition) is 1. The Bertz CT molecular complexity index is 1130. The molecule has 1 N–H and O–H groups in total. The molecule has 0 heterocycles. The van der Waals surface area contributed by atoms with Gasteiger partial charge in [0.2, 0.25) is 21.8 Å². The molecule has 1 unspecified atom stereocenters. The zero-order valence-electron chi connectivity index (χ0n) is 22.2. The summed E-state index contributed by atoms with van der Waals surface area (Å²) in [6, 6.07) is 14.0. The van der Waals surface area contributed by atoms with Gasteiger partial charge in [0.05, 0.1) is 19.1 Å². The Morgan fingerprint density at radius 2 is 1.67 bits per heavy atom. The second-order valence-corrected chi connectivity index (χ2v) is 11.3. The first-order valence-electron chi connectivity index (χ1n) is 12.2. The van der Waals surface area contributed by atoms with Crippen molar-refractivity contribution in [2.75, 3.05) is 30.8 Å². The summed E-state index contributed by atoms with van der Waals surface area (Å²) in [7, 11) is -2.12. The maximum absolute atomic E-state index is 13.4. The van der Waals surface area contributed by atoms with Crippen LogP contribution in [0.3, 0.4) is 0 Å². The number of nitrogens with zero attached hydrogens (tertiary/aromatic N) is 2. The largest absolute Gasteiger partial charge is 0.495 e. The number of rotatable bonds is 13. The van der Waals surface area contributed by atoms with E-state index in [0.29, 0.717) is 30.4 Å². The molecule has 2 aromatic rings. The van der Waals surface area contributed by atoms with Gasteiger partial charge in [0, 0.05) is 26.1 Å². The Balaban J connectivity index is 2.20. The highest BCUT2D eigenvalue weighted by Crippen LogP contribution is 2.29. The predicted octanol–water partition coefficient (Wildman–Crippen LogP) is 3.74.